The van der Waals surface area contributed by atoms with E-state index < -0.39 is 10.0 Å². The summed E-state index contributed by atoms with van der Waals surface area (Å²) >= 11 is 6.66. The Balaban J connectivity index is 0.000000171. The van der Waals surface area contributed by atoms with Gasteiger partial charge in [0.2, 0.25) is 0 Å². The first-order valence-corrected chi connectivity index (χ1v) is 15.5. The van der Waals surface area contributed by atoms with Gasteiger partial charge in [-0.1, -0.05) is 31.5 Å². The number of aromatic amines is 1. The number of hydrogen-bond acceptors (Lipinski definition) is 6. The molecule has 6 heterocycles. The maximum atomic E-state index is 13.2. The van der Waals surface area contributed by atoms with Crippen molar-refractivity contribution in [1.82, 2.24) is 28.9 Å². The summed E-state index contributed by atoms with van der Waals surface area (Å²) in [5.41, 5.74) is 3.91. The van der Waals surface area contributed by atoms with Crippen molar-refractivity contribution in [3.63, 3.8) is 0 Å². The Morgan fingerprint density at radius 2 is 1.35 bits per heavy atom. The molecule has 0 aliphatic rings. The highest BCUT2D eigenvalue weighted by atomic mass is 79.9. The van der Waals surface area contributed by atoms with Crippen LogP contribution in [0.4, 0.5) is 0 Å². The van der Waals surface area contributed by atoms with Crippen LogP contribution in [0.3, 0.4) is 0 Å². The molecule has 0 saturated heterocycles. The van der Waals surface area contributed by atoms with Crippen LogP contribution in [-0.2, 0) is 10.0 Å². The lowest BCUT2D eigenvalue weighted by Gasteiger charge is -2.09. The fourth-order valence-electron chi connectivity index (χ4n) is 4.33. The third-order valence-corrected chi connectivity index (χ3v) is 8.73. The van der Waals surface area contributed by atoms with Crippen molar-refractivity contribution < 1.29 is 8.42 Å². The molecule has 0 amide bonds. The lowest BCUT2D eigenvalue weighted by Crippen LogP contribution is -2.13. The quantitative estimate of drug-likeness (QED) is 0.187. The summed E-state index contributed by atoms with van der Waals surface area (Å²) in [7, 11) is -3.78. The molecule has 7 rings (SSSR count). The number of hydrogen-bond donors (Lipinski definition) is 1. The van der Waals surface area contributed by atoms with Crippen molar-refractivity contribution in [2.24, 2.45) is 0 Å². The number of H-pyrrole nitrogens is 1. The number of nitrogens with zero attached hydrogens (tertiary/aromatic N) is 5. The van der Waals surface area contributed by atoms with Crippen molar-refractivity contribution in [2.75, 3.05) is 0 Å². The molecule has 1 aromatic carbocycles. The van der Waals surface area contributed by atoms with E-state index >= 15 is 0 Å². The molecular weight excluding hydrogens is 656 g/mol. The molecule has 0 bridgehead atoms. The van der Waals surface area contributed by atoms with Crippen LogP contribution in [0.25, 0.3) is 43.9 Å². The van der Waals surface area contributed by atoms with Crippen molar-refractivity contribution in [3.05, 3.63) is 100 Å². The number of halogens is 2. The zero-order chi connectivity index (χ0) is 28.4. The van der Waals surface area contributed by atoms with Crippen LogP contribution in [0.5, 0.6) is 0 Å². The number of pyridine rings is 4. The van der Waals surface area contributed by atoms with E-state index in [4.69, 9.17) is 0 Å². The second kappa shape index (κ2) is 11.4. The normalized spacial score (nSPS) is 11.3. The molecular formula is C29H24Br2N6O2S. The van der Waals surface area contributed by atoms with Crippen LogP contribution in [0.2, 0.25) is 0 Å². The maximum absolute atomic E-state index is 13.2. The van der Waals surface area contributed by atoms with Gasteiger partial charge in [-0.05, 0) is 87.3 Å². The molecule has 1 N–H and O–H groups in total. The number of fused-ring (bicyclic) bond motifs is 6. The lowest BCUT2D eigenvalue weighted by molar-refractivity contribution is 0.590. The van der Waals surface area contributed by atoms with Gasteiger partial charge in [-0.3, -0.25) is 9.97 Å². The summed E-state index contributed by atoms with van der Waals surface area (Å²) in [6.45, 7) is 5.92. The minimum Gasteiger partial charge on any atom is -0.339 e. The lowest BCUT2D eigenvalue weighted by atomic mass is 10.2. The molecule has 8 nitrogen and oxygen atoms in total. The second-order valence-corrected chi connectivity index (χ2v) is 12.0. The summed E-state index contributed by atoms with van der Waals surface area (Å²) < 4.78 is 29.2. The molecule has 0 saturated carbocycles. The molecule has 202 valence electrons. The molecule has 11 heteroatoms. The Labute approximate surface area is 247 Å². The van der Waals surface area contributed by atoms with Crippen molar-refractivity contribution in [2.45, 2.75) is 25.7 Å². The van der Waals surface area contributed by atoms with Crippen LogP contribution in [0.1, 0.15) is 19.4 Å². The first-order valence-electron chi connectivity index (χ1n) is 12.4. The first-order chi connectivity index (χ1) is 19.3. The second-order valence-electron chi connectivity index (χ2n) is 8.56. The van der Waals surface area contributed by atoms with Gasteiger partial charge in [0.05, 0.1) is 15.9 Å². The summed E-state index contributed by atoms with van der Waals surface area (Å²) in [6.07, 6.45) is 6.86. The van der Waals surface area contributed by atoms with Crippen LogP contribution < -0.4 is 0 Å². The fraction of sp³-hybridized carbons (Fsp3) is 0.103. The van der Waals surface area contributed by atoms with Gasteiger partial charge in [0, 0.05) is 46.3 Å². The van der Waals surface area contributed by atoms with Gasteiger partial charge in [-0.2, -0.15) is 0 Å². The molecule has 0 aliphatic carbocycles. The summed E-state index contributed by atoms with van der Waals surface area (Å²) in [6, 6.07) is 18.0. The average Bonchev–Trinajstić information content (AvgIpc) is 3.49. The Morgan fingerprint density at radius 3 is 2.08 bits per heavy atom. The van der Waals surface area contributed by atoms with E-state index in [-0.39, 0.29) is 4.90 Å². The van der Waals surface area contributed by atoms with Gasteiger partial charge in [0.25, 0.3) is 10.0 Å². The predicted octanol–water partition coefficient (Wildman–Crippen LogP) is 7.79. The summed E-state index contributed by atoms with van der Waals surface area (Å²) in [5, 5.41) is 3.72. The van der Waals surface area contributed by atoms with E-state index in [1.807, 2.05) is 51.2 Å². The van der Waals surface area contributed by atoms with E-state index in [1.165, 1.54) is 3.97 Å². The molecule has 0 fully saturated rings. The number of rotatable bonds is 2. The topological polar surface area (TPSA) is 106 Å². The van der Waals surface area contributed by atoms with E-state index in [9.17, 15) is 8.42 Å². The molecule has 0 unspecified atom stereocenters. The highest BCUT2D eigenvalue weighted by Crippen LogP contribution is 2.32. The summed E-state index contributed by atoms with van der Waals surface area (Å²) in [5.74, 6) is 0. The average molecular weight is 680 g/mol. The van der Waals surface area contributed by atoms with Crippen molar-refractivity contribution in [1.29, 1.82) is 0 Å². The zero-order valence-electron chi connectivity index (χ0n) is 21.8. The number of aryl methyl sites for hydroxylation is 1. The number of nitrogens with one attached hydrogen (secondary N) is 1. The van der Waals surface area contributed by atoms with Crippen molar-refractivity contribution >= 4 is 85.8 Å². The van der Waals surface area contributed by atoms with Gasteiger partial charge in [0.1, 0.15) is 14.9 Å². The number of aromatic nitrogens is 6. The molecule has 0 radical (unpaired) electrons. The van der Waals surface area contributed by atoms with E-state index in [2.05, 4.69) is 56.8 Å². The SMILES string of the molecule is Brc1ccc2c(n1)[nH]c1ccncc12.CC.Cc1ccc(S(=O)(=O)n2c3ccncc3c3ccc(Br)nc32)cc1. The fourth-order valence-corrected chi connectivity index (χ4v) is 6.41. The van der Waals surface area contributed by atoms with Crippen LogP contribution in [0, 0.1) is 6.92 Å². The van der Waals surface area contributed by atoms with Crippen LogP contribution in [0.15, 0.2) is 99.6 Å². The molecule has 6 aromatic heterocycles. The molecule has 7 aromatic rings. The van der Waals surface area contributed by atoms with Crippen LogP contribution in [-0.4, -0.2) is 37.3 Å². The zero-order valence-corrected chi connectivity index (χ0v) is 25.8. The van der Waals surface area contributed by atoms with Gasteiger partial charge >= 0.3 is 0 Å². The highest BCUT2D eigenvalue weighted by Gasteiger charge is 2.24. The monoisotopic (exact) mass is 678 g/mol. The largest absolute Gasteiger partial charge is 0.339 e. The van der Waals surface area contributed by atoms with Crippen LogP contribution >= 0.6 is 31.9 Å². The number of benzene rings is 1. The van der Waals surface area contributed by atoms with Gasteiger partial charge in [-0.25, -0.2) is 22.4 Å². The van der Waals surface area contributed by atoms with Gasteiger partial charge < -0.3 is 4.98 Å². The Hall–Kier alpha value is -3.67. The molecule has 40 heavy (non-hydrogen) atoms. The highest BCUT2D eigenvalue weighted by molar-refractivity contribution is 9.10. The maximum Gasteiger partial charge on any atom is 0.269 e. The minimum absolute atomic E-state index is 0.227. The minimum atomic E-state index is -3.78. The third-order valence-electron chi connectivity index (χ3n) is 6.13. The Morgan fingerprint density at radius 1 is 0.725 bits per heavy atom. The Bertz CT molecular complexity index is 2090. The smallest absolute Gasteiger partial charge is 0.269 e. The molecule has 0 atom stereocenters. The van der Waals surface area contributed by atoms with E-state index in [0.29, 0.717) is 15.8 Å². The van der Waals surface area contributed by atoms with Gasteiger partial charge in [-0.15, -0.1) is 0 Å². The van der Waals surface area contributed by atoms with E-state index in [0.717, 1.165) is 42.9 Å². The molecule has 0 aliphatic heterocycles. The summed E-state index contributed by atoms with van der Waals surface area (Å²) in [4.78, 5) is 20.4. The van der Waals surface area contributed by atoms with Gasteiger partial charge in [0.15, 0.2) is 5.65 Å². The molecule has 0 spiro atoms. The third kappa shape index (κ3) is 5.12. The van der Waals surface area contributed by atoms with E-state index in [1.54, 1.807) is 55.0 Å². The first kappa shape index (κ1) is 27.9. The van der Waals surface area contributed by atoms with Crippen molar-refractivity contribution in [3.8, 4) is 0 Å². The Kier molecular flexibility index (Phi) is 7.97. The standard InChI is InChI=1S/C17H12BrN3O2S.C10H6BrN3.C2H6/c1-11-2-4-12(5-3-11)24(22,23)21-15-8-9-19-10-14(15)13-6-7-16(18)20-17(13)21;11-9-2-1-6-7-5-12-4-3-8(7)13-10(6)14-9;1-2/h2-10H,1H3;1-5H,(H,13,14);1-2H3. The predicted molar refractivity (Wildman–Crippen MR) is 167 cm³/mol.